The summed E-state index contributed by atoms with van der Waals surface area (Å²) in [5.74, 6) is 1.10. The topological polar surface area (TPSA) is 38.8 Å². The van der Waals surface area contributed by atoms with Crippen molar-refractivity contribution in [2.24, 2.45) is 0 Å². The molecule has 0 saturated heterocycles. The van der Waals surface area contributed by atoms with E-state index in [0.717, 1.165) is 0 Å². The zero-order valence-electron chi connectivity index (χ0n) is 12.0. The highest BCUT2D eigenvalue weighted by Gasteiger charge is 2.28. The van der Waals surface area contributed by atoms with Crippen LogP contribution in [0.25, 0.3) is 0 Å². The lowest BCUT2D eigenvalue weighted by molar-refractivity contribution is 0.0660. The van der Waals surface area contributed by atoms with Gasteiger partial charge >= 0.3 is 0 Å². The third kappa shape index (κ3) is 3.41. The maximum Gasteiger partial charge on any atom is 0.257 e. The summed E-state index contributed by atoms with van der Waals surface area (Å²) in [6.07, 6.45) is 0. The smallest absolute Gasteiger partial charge is 0.257 e. The third-order valence-corrected chi connectivity index (χ3v) is 4.55. The summed E-state index contributed by atoms with van der Waals surface area (Å²) in [6.45, 7) is 3.99. The number of rotatable bonds is 5. The SMILES string of the molecule is COc1ccc(C(=O)N(C)C(C)(C)CBr)c(OC)c1. The van der Waals surface area contributed by atoms with Crippen molar-refractivity contribution in [2.75, 3.05) is 26.6 Å². The molecule has 0 fully saturated rings. The molecule has 0 atom stereocenters. The highest BCUT2D eigenvalue weighted by Crippen LogP contribution is 2.27. The quantitative estimate of drug-likeness (QED) is 0.779. The molecule has 0 aromatic heterocycles. The molecule has 1 aromatic rings. The van der Waals surface area contributed by atoms with E-state index in [1.807, 2.05) is 13.8 Å². The highest BCUT2D eigenvalue weighted by molar-refractivity contribution is 9.09. The second kappa shape index (κ2) is 6.28. The first kappa shape index (κ1) is 15.8. The monoisotopic (exact) mass is 329 g/mol. The Morgan fingerprint density at radius 2 is 1.95 bits per heavy atom. The van der Waals surface area contributed by atoms with Gasteiger partial charge in [0.05, 0.1) is 19.8 Å². The Kier molecular flexibility index (Phi) is 5.23. The van der Waals surface area contributed by atoms with E-state index in [9.17, 15) is 4.79 Å². The van der Waals surface area contributed by atoms with Crippen LogP contribution in [0.2, 0.25) is 0 Å². The Labute approximate surface area is 122 Å². The van der Waals surface area contributed by atoms with Gasteiger partial charge in [-0.2, -0.15) is 0 Å². The van der Waals surface area contributed by atoms with Gasteiger partial charge < -0.3 is 14.4 Å². The van der Waals surface area contributed by atoms with Crippen LogP contribution in [0.15, 0.2) is 18.2 Å². The number of nitrogens with zero attached hydrogens (tertiary/aromatic N) is 1. The summed E-state index contributed by atoms with van der Waals surface area (Å²) in [4.78, 5) is 14.2. The van der Waals surface area contributed by atoms with Gasteiger partial charge in [-0.15, -0.1) is 0 Å². The van der Waals surface area contributed by atoms with Gasteiger partial charge in [0.15, 0.2) is 0 Å². The van der Waals surface area contributed by atoms with Gasteiger partial charge in [-0.05, 0) is 26.0 Å². The van der Waals surface area contributed by atoms with Crippen molar-refractivity contribution in [3.05, 3.63) is 23.8 Å². The average Bonchev–Trinajstić information content (AvgIpc) is 2.44. The summed E-state index contributed by atoms with van der Waals surface area (Å²) < 4.78 is 10.4. The number of methoxy groups -OCH3 is 2. The van der Waals surface area contributed by atoms with Crippen molar-refractivity contribution < 1.29 is 14.3 Å². The zero-order chi connectivity index (χ0) is 14.6. The minimum Gasteiger partial charge on any atom is -0.497 e. The molecule has 19 heavy (non-hydrogen) atoms. The second-order valence-corrected chi connectivity index (χ2v) is 5.44. The van der Waals surface area contributed by atoms with E-state index in [0.29, 0.717) is 22.4 Å². The maximum atomic E-state index is 12.5. The van der Waals surface area contributed by atoms with Gasteiger partial charge in [-0.1, -0.05) is 15.9 Å². The molecule has 0 aliphatic heterocycles. The largest absolute Gasteiger partial charge is 0.497 e. The van der Waals surface area contributed by atoms with Crippen LogP contribution >= 0.6 is 15.9 Å². The normalized spacial score (nSPS) is 11.1. The fourth-order valence-corrected chi connectivity index (χ4v) is 1.90. The number of alkyl halides is 1. The molecule has 1 rings (SSSR count). The highest BCUT2D eigenvalue weighted by atomic mass is 79.9. The lowest BCUT2D eigenvalue weighted by atomic mass is 10.0. The first-order valence-electron chi connectivity index (χ1n) is 5.93. The summed E-state index contributed by atoms with van der Waals surface area (Å²) in [7, 11) is 4.91. The third-order valence-electron chi connectivity index (χ3n) is 3.18. The number of hydrogen-bond acceptors (Lipinski definition) is 3. The predicted octanol–water partition coefficient (Wildman–Crippen LogP) is 2.95. The summed E-state index contributed by atoms with van der Waals surface area (Å²) in [6, 6.07) is 5.19. The molecule has 0 unspecified atom stereocenters. The Morgan fingerprint density at radius 1 is 1.32 bits per heavy atom. The molecule has 0 heterocycles. The van der Waals surface area contributed by atoms with E-state index in [4.69, 9.17) is 9.47 Å². The molecule has 0 saturated carbocycles. The molecule has 0 N–H and O–H groups in total. The van der Waals surface area contributed by atoms with E-state index in [1.165, 1.54) is 0 Å². The number of ether oxygens (including phenoxy) is 2. The van der Waals surface area contributed by atoms with Gasteiger partial charge in [0.1, 0.15) is 11.5 Å². The van der Waals surface area contributed by atoms with Crippen LogP contribution in [0.5, 0.6) is 11.5 Å². The van der Waals surface area contributed by atoms with Crippen molar-refractivity contribution in [1.82, 2.24) is 4.90 Å². The van der Waals surface area contributed by atoms with Gasteiger partial charge in [0.2, 0.25) is 0 Å². The van der Waals surface area contributed by atoms with Crippen LogP contribution in [-0.2, 0) is 0 Å². The molecule has 5 heteroatoms. The van der Waals surface area contributed by atoms with E-state index in [-0.39, 0.29) is 11.4 Å². The number of carbonyl (C=O) groups is 1. The summed E-state index contributed by atoms with van der Waals surface area (Å²) in [5, 5.41) is 0.695. The fourth-order valence-electron chi connectivity index (χ4n) is 1.52. The molecule has 1 amide bonds. The van der Waals surface area contributed by atoms with Crippen molar-refractivity contribution >= 4 is 21.8 Å². The Morgan fingerprint density at radius 3 is 2.42 bits per heavy atom. The molecule has 0 spiro atoms. The van der Waals surface area contributed by atoms with Gasteiger partial charge in [-0.25, -0.2) is 0 Å². The van der Waals surface area contributed by atoms with Gasteiger partial charge in [-0.3, -0.25) is 4.79 Å². The minimum atomic E-state index is -0.276. The molecule has 0 bridgehead atoms. The lowest BCUT2D eigenvalue weighted by Crippen LogP contribution is -2.46. The summed E-state index contributed by atoms with van der Waals surface area (Å²) in [5.41, 5.74) is 0.252. The van der Waals surface area contributed by atoms with Crippen molar-refractivity contribution in [2.45, 2.75) is 19.4 Å². The first-order valence-corrected chi connectivity index (χ1v) is 7.05. The first-order chi connectivity index (χ1) is 8.87. The Balaban J connectivity index is 3.12. The van der Waals surface area contributed by atoms with E-state index >= 15 is 0 Å². The van der Waals surface area contributed by atoms with Crippen molar-refractivity contribution in [1.29, 1.82) is 0 Å². The summed E-state index contributed by atoms with van der Waals surface area (Å²) >= 11 is 3.43. The molecule has 0 aliphatic rings. The molecule has 1 aromatic carbocycles. The average molecular weight is 330 g/mol. The number of halogens is 1. The number of hydrogen-bond donors (Lipinski definition) is 0. The van der Waals surface area contributed by atoms with Crippen molar-refractivity contribution in [3.63, 3.8) is 0 Å². The van der Waals surface area contributed by atoms with E-state index in [2.05, 4.69) is 15.9 Å². The van der Waals surface area contributed by atoms with Crippen molar-refractivity contribution in [3.8, 4) is 11.5 Å². The number of carbonyl (C=O) groups excluding carboxylic acids is 1. The molecule has 4 nitrogen and oxygen atoms in total. The molecular formula is C14H20BrNO3. The van der Waals surface area contributed by atoms with Crippen LogP contribution in [0.1, 0.15) is 24.2 Å². The Bertz CT molecular complexity index is 460. The molecule has 106 valence electrons. The standard InChI is InChI=1S/C14H20BrNO3/c1-14(2,9-15)16(3)13(17)11-7-6-10(18-4)8-12(11)19-5/h6-8H,9H2,1-5H3. The van der Waals surface area contributed by atoms with E-state index < -0.39 is 0 Å². The number of amides is 1. The van der Waals surface area contributed by atoms with Crippen LogP contribution in [0.4, 0.5) is 0 Å². The van der Waals surface area contributed by atoms with Crippen LogP contribution in [0.3, 0.4) is 0 Å². The van der Waals surface area contributed by atoms with Crippen LogP contribution < -0.4 is 9.47 Å². The Hall–Kier alpha value is -1.23. The minimum absolute atomic E-state index is 0.0797. The van der Waals surface area contributed by atoms with Crippen LogP contribution in [-0.4, -0.2) is 42.9 Å². The fraction of sp³-hybridized carbons (Fsp3) is 0.500. The molecule has 0 aliphatic carbocycles. The van der Waals surface area contributed by atoms with E-state index in [1.54, 1.807) is 44.4 Å². The molecular weight excluding hydrogens is 310 g/mol. The second-order valence-electron chi connectivity index (χ2n) is 4.88. The van der Waals surface area contributed by atoms with Gasteiger partial charge in [0.25, 0.3) is 5.91 Å². The lowest BCUT2D eigenvalue weighted by Gasteiger charge is -2.34. The van der Waals surface area contributed by atoms with Crippen LogP contribution in [0, 0.1) is 0 Å². The maximum absolute atomic E-state index is 12.5. The predicted molar refractivity (Wildman–Crippen MR) is 79.5 cm³/mol. The zero-order valence-corrected chi connectivity index (χ0v) is 13.6. The molecule has 0 radical (unpaired) electrons. The van der Waals surface area contributed by atoms with Gasteiger partial charge in [0, 0.05) is 24.0 Å². The number of benzene rings is 1.